The molecule has 3 rings (SSSR count). The fourth-order valence-corrected chi connectivity index (χ4v) is 3.47. The number of hydrogen-bond acceptors (Lipinski definition) is 7. The van der Waals surface area contributed by atoms with Gasteiger partial charge in [0.15, 0.2) is 0 Å². The van der Waals surface area contributed by atoms with Crippen LogP contribution in [0.25, 0.3) is 0 Å². The number of aromatic nitrogens is 2. The molecule has 198 valence electrons. The SMILES string of the molecule is CCCNc1nc(Nc2cccc(F)c2)ncc1C#CCCCNC(=O)[C@@H]1CCN1C(=O)OC(C)(C)C. The van der Waals surface area contributed by atoms with Crippen molar-refractivity contribution in [3.8, 4) is 11.8 Å². The van der Waals surface area contributed by atoms with Gasteiger partial charge in [-0.05, 0) is 58.2 Å². The maximum atomic E-state index is 13.5. The summed E-state index contributed by atoms with van der Waals surface area (Å²) >= 11 is 0. The fraction of sp³-hybridized carbons (Fsp3) is 0.481. The van der Waals surface area contributed by atoms with Crippen LogP contribution in [0, 0.1) is 17.7 Å². The molecule has 9 nitrogen and oxygen atoms in total. The highest BCUT2D eigenvalue weighted by Gasteiger charge is 2.39. The van der Waals surface area contributed by atoms with Crippen LogP contribution >= 0.6 is 0 Å². The van der Waals surface area contributed by atoms with E-state index in [0.717, 1.165) is 13.0 Å². The summed E-state index contributed by atoms with van der Waals surface area (Å²) in [5.74, 6) is 6.62. The minimum atomic E-state index is -0.596. The van der Waals surface area contributed by atoms with E-state index >= 15 is 0 Å². The van der Waals surface area contributed by atoms with Gasteiger partial charge in [-0.15, -0.1) is 0 Å². The fourth-order valence-electron chi connectivity index (χ4n) is 3.47. The molecule has 2 heterocycles. The standard InChI is InChI=1S/C27H35FN6O3/c1-5-14-29-23-19(18-31-25(33-23)32-21-12-9-11-20(28)17-21)10-7-6-8-15-30-24(35)22-13-16-34(22)26(36)37-27(2,3)4/h9,11-12,17-18,22H,5-6,8,13-16H2,1-4H3,(H,30,35)(H2,29,31,32,33)/t22-/m0/s1. The summed E-state index contributed by atoms with van der Waals surface area (Å²) in [4.78, 5) is 34.9. The molecular weight excluding hydrogens is 475 g/mol. The van der Waals surface area contributed by atoms with Crippen molar-refractivity contribution in [3.63, 3.8) is 0 Å². The highest BCUT2D eigenvalue weighted by Crippen LogP contribution is 2.21. The molecule has 0 unspecified atom stereocenters. The summed E-state index contributed by atoms with van der Waals surface area (Å²) in [5.41, 5.74) is 0.616. The maximum Gasteiger partial charge on any atom is 0.410 e. The van der Waals surface area contributed by atoms with Crippen molar-refractivity contribution in [2.75, 3.05) is 30.3 Å². The van der Waals surface area contributed by atoms with Crippen molar-refractivity contribution in [1.29, 1.82) is 0 Å². The second-order valence-electron chi connectivity index (χ2n) is 9.69. The molecule has 2 amide bonds. The van der Waals surface area contributed by atoms with Gasteiger partial charge in [-0.25, -0.2) is 14.2 Å². The number of hydrogen-bond donors (Lipinski definition) is 3. The van der Waals surface area contributed by atoms with Crippen LogP contribution in [-0.2, 0) is 9.53 Å². The third-order valence-corrected chi connectivity index (χ3v) is 5.36. The first-order chi connectivity index (χ1) is 17.7. The van der Waals surface area contributed by atoms with Crippen molar-refractivity contribution >= 4 is 29.5 Å². The lowest BCUT2D eigenvalue weighted by molar-refractivity contribution is -0.130. The molecule has 0 saturated carbocycles. The smallest absolute Gasteiger partial charge is 0.410 e. The van der Waals surface area contributed by atoms with E-state index in [0.29, 0.717) is 55.4 Å². The van der Waals surface area contributed by atoms with Gasteiger partial charge < -0.3 is 20.7 Å². The Morgan fingerprint density at radius 1 is 1.27 bits per heavy atom. The molecule has 37 heavy (non-hydrogen) atoms. The molecule has 1 fully saturated rings. The van der Waals surface area contributed by atoms with Crippen LogP contribution in [0.4, 0.5) is 26.6 Å². The van der Waals surface area contributed by atoms with Gasteiger partial charge in [-0.1, -0.05) is 24.8 Å². The van der Waals surface area contributed by atoms with Crippen LogP contribution in [0.15, 0.2) is 30.5 Å². The maximum absolute atomic E-state index is 13.5. The Hall–Kier alpha value is -3.87. The molecule has 0 bridgehead atoms. The Morgan fingerprint density at radius 3 is 2.76 bits per heavy atom. The van der Waals surface area contributed by atoms with Crippen LogP contribution in [-0.4, -0.2) is 58.1 Å². The predicted molar refractivity (Wildman–Crippen MR) is 141 cm³/mol. The van der Waals surface area contributed by atoms with E-state index in [2.05, 4.69) is 44.7 Å². The van der Waals surface area contributed by atoms with Gasteiger partial charge in [0, 0.05) is 31.7 Å². The molecule has 1 aliphatic heterocycles. The predicted octanol–water partition coefficient (Wildman–Crippen LogP) is 4.44. The molecule has 1 aromatic carbocycles. The minimum Gasteiger partial charge on any atom is -0.444 e. The van der Waals surface area contributed by atoms with Crippen LogP contribution in [0.2, 0.25) is 0 Å². The summed E-state index contributed by atoms with van der Waals surface area (Å²) in [7, 11) is 0. The van der Waals surface area contributed by atoms with Gasteiger partial charge in [0.2, 0.25) is 11.9 Å². The van der Waals surface area contributed by atoms with E-state index in [4.69, 9.17) is 4.74 Å². The van der Waals surface area contributed by atoms with E-state index in [9.17, 15) is 14.0 Å². The first kappa shape index (κ1) is 27.7. The minimum absolute atomic E-state index is 0.175. The van der Waals surface area contributed by atoms with Crippen molar-refractivity contribution in [2.45, 2.75) is 65.0 Å². The average Bonchev–Trinajstić information content (AvgIpc) is 2.79. The van der Waals surface area contributed by atoms with Crippen LogP contribution < -0.4 is 16.0 Å². The third-order valence-electron chi connectivity index (χ3n) is 5.36. The van der Waals surface area contributed by atoms with Gasteiger partial charge in [0.25, 0.3) is 0 Å². The molecule has 1 aliphatic rings. The molecular formula is C27H35FN6O3. The number of unbranched alkanes of at least 4 members (excludes halogenated alkanes) is 1. The second kappa shape index (κ2) is 12.9. The molecule has 3 N–H and O–H groups in total. The molecule has 10 heteroatoms. The first-order valence-electron chi connectivity index (χ1n) is 12.6. The largest absolute Gasteiger partial charge is 0.444 e. The highest BCUT2D eigenvalue weighted by molar-refractivity contribution is 5.87. The number of anilines is 3. The normalized spacial score (nSPS) is 14.6. The van der Waals surface area contributed by atoms with Crippen molar-refractivity contribution in [3.05, 3.63) is 41.8 Å². The zero-order chi connectivity index (χ0) is 26.8. The number of halogens is 1. The number of likely N-dealkylation sites (tertiary alicyclic amines) is 1. The van der Waals surface area contributed by atoms with Gasteiger partial charge >= 0.3 is 6.09 Å². The number of ether oxygens (including phenoxy) is 1. The van der Waals surface area contributed by atoms with E-state index in [1.165, 1.54) is 17.0 Å². The molecule has 1 saturated heterocycles. The lowest BCUT2D eigenvalue weighted by atomic mass is 10.0. The van der Waals surface area contributed by atoms with E-state index in [-0.39, 0.29) is 11.7 Å². The second-order valence-corrected chi connectivity index (χ2v) is 9.69. The molecule has 1 atom stereocenters. The zero-order valence-corrected chi connectivity index (χ0v) is 21.9. The topological polar surface area (TPSA) is 108 Å². The van der Waals surface area contributed by atoms with Gasteiger partial charge in [0.1, 0.15) is 23.3 Å². The van der Waals surface area contributed by atoms with E-state index in [1.54, 1.807) is 39.1 Å². The first-order valence-corrected chi connectivity index (χ1v) is 12.6. The van der Waals surface area contributed by atoms with Gasteiger partial charge in [-0.2, -0.15) is 4.98 Å². The van der Waals surface area contributed by atoms with Crippen molar-refractivity contribution in [1.82, 2.24) is 20.2 Å². The number of amides is 2. The van der Waals surface area contributed by atoms with Gasteiger partial charge in [-0.3, -0.25) is 9.69 Å². The van der Waals surface area contributed by atoms with E-state index < -0.39 is 17.7 Å². The number of nitrogens with one attached hydrogen (secondary N) is 3. The summed E-state index contributed by atoms with van der Waals surface area (Å²) in [5, 5.41) is 9.13. The number of benzene rings is 1. The number of rotatable bonds is 9. The molecule has 0 spiro atoms. The Balaban J connectivity index is 1.49. The van der Waals surface area contributed by atoms with Crippen LogP contribution in [0.5, 0.6) is 0 Å². The highest BCUT2D eigenvalue weighted by atomic mass is 19.1. The average molecular weight is 511 g/mol. The summed E-state index contributed by atoms with van der Waals surface area (Å²) < 4.78 is 18.8. The molecule has 1 aromatic heterocycles. The summed E-state index contributed by atoms with van der Waals surface area (Å²) in [6.07, 6.45) is 3.94. The Kier molecular flexibility index (Phi) is 9.66. The summed E-state index contributed by atoms with van der Waals surface area (Å²) in [6.45, 7) is 9.15. The molecule has 0 radical (unpaired) electrons. The number of carbonyl (C=O) groups is 2. The monoisotopic (exact) mass is 510 g/mol. The van der Waals surface area contributed by atoms with Crippen LogP contribution in [0.1, 0.15) is 58.9 Å². The third kappa shape index (κ3) is 8.63. The van der Waals surface area contributed by atoms with E-state index in [1.807, 2.05) is 0 Å². The molecule has 2 aromatic rings. The zero-order valence-electron chi connectivity index (χ0n) is 21.9. The van der Waals surface area contributed by atoms with Crippen LogP contribution in [0.3, 0.4) is 0 Å². The lowest BCUT2D eigenvalue weighted by Crippen LogP contribution is -2.59. The quantitative estimate of drug-likeness (QED) is 0.338. The number of carbonyl (C=O) groups excluding carboxylic acids is 2. The lowest BCUT2D eigenvalue weighted by Gasteiger charge is -2.40. The number of nitrogens with zero attached hydrogens (tertiary/aromatic N) is 3. The Bertz CT molecular complexity index is 1150. The summed E-state index contributed by atoms with van der Waals surface area (Å²) in [6, 6.07) is 5.60. The Morgan fingerprint density at radius 2 is 2.08 bits per heavy atom. The van der Waals surface area contributed by atoms with Crippen molar-refractivity contribution in [2.24, 2.45) is 0 Å². The molecule has 0 aliphatic carbocycles. The Labute approximate surface area is 217 Å². The van der Waals surface area contributed by atoms with Crippen molar-refractivity contribution < 1.29 is 18.7 Å². The van der Waals surface area contributed by atoms with Gasteiger partial charge in [0.05, 0.1) is 11.8 Å².